The van der Waals surface area contributed by atoms with Gasteiger partial charge in [0.25, 0.3) is 5.91 Å². The number of amides is 1. The quantitative estimate of drug-likeness (QED) is 0.573. The van der Waals surface area contributed by atoms with Gasteiger partial charge in [0.2, 0.25) is 0 Å². The molecule has 1 aliphatic rings. The zero-order chi connectivity index (χ0) is 21.8. The monoisotopic (exact) mass is 419 g/mol. The van der Waals surface area contributed by atoms with Crippen LogP contribution in [0.1, 0.15) is 48.4 Å². The van der Waals surface area contributed by atoms with Gasteiger partial charge in [-0.2, -0.15) is 0 Å². The maximum atomic E-state index is 12.5. The van der Waals surface area contributed by atoms with Crippen LogP contribution in [0, 0.1) is 6.92 Å². The molecule has 1 atom stereocenters. The number of rotatable bonds is 7. The molecular weight excluding hydrogens is 390 g/mol. The van der Waals surface area contributed by atoms with Gasteiger partial charge in [-0.1, -0.05) is 30.3 Å². The maximum Gasteiger partial charge on any atom is 0.339 e. The Hall–Kier alpha value is -3.08. The number of carbonyl (C=O) groups is 1. The van der Waals surface area contributed by atoms with Crippen LogP contribution in [0.5, 0.6) is 5.75 Å². The first kappa shape index (κ1) is 21.2. The lowest BCUT2D eigenvalue weighted by atomic mass is 9.90. The maximum absolute atomic E-state index is 12.5. The van der Waals surface area contributed by atoms with Crippen LogP contribution in [-0.4, -0.2) is 18.6 Å². The second kappa shape index (κ2) is 9.38. The number of hydrogen-bond acceptors (Lipinski definition) is 4. The zero-order valence-corrected chi connectivity index (χ0v) is 18.2. The van der Waals surface area contributed by atoms with E-state index in [9.17, 15) is 9.59 Å². The highest BCUT2D eigenvalue weighted by molar-refractivity contribution is 5.89. The summed E-state index contributed by atoms with van der Waals surface area (Å²) in [5.41, 5.74) is 4.26. The highest BCUT2D eigenvalue weighted by Gasteiger charge is 2.21. The van der Waals surface area contributed by atoms with Gasteiger partial charge in [0, 0.05) is 11.6 Å². The molecule has 4 rings (SSSR count). The smallest absolute Gasteiger partial charge is 0.339 e. The minimum Gasteiger partial charge on any atom is -0.483 e. The van der Waals surface area contributed by atoms with Crippen molar-refractivity contribution in [1.82, 2.24) is 5.32 Å². The van der Waals surface area contributed by atoms with Crippen molar-refractivity contribution < 1.29 is 13.9 Å². The number of nitrogens with one attached hydrogen (secondary N) is 1. The van der Waals surface area contributed by atoms with Crippen LogP contribution < -0.4 is 15.7 Å². The third-order valence-corrected chi connectivity index (χ3v) is 5.90. The normalized spacial score (nSPS) is 14.1. The molecule has 162 valence electrons. The van der Waals surface area contributed by atoms with Crippen LogP contribution in [0.25, 0.3) is 11.0 Å². The van der Waals surface area contributed by atoms with Gasteiger partial charge in [0.15, 0.2) is 6.61 Å². The van der Waals surface area contributed by atoms with E-state index in [0.717, 1.165) is 60.6 Å². The van der Waals surface area contributed by atoms with Crippen LogP contribution in [0.15, 0.2) is 51.7 Å². The summed E-state index contributed by atoms with van der Waals surface area (Å²) in [6, 6.07) is 14.1. The Morgan fingerprint density at radius 1 is 1.13 bits per heavy atom. The van der Waals surface area contributed by atoms with Crippen molar-refractivity contribution in [2.45, 2.75) is 58.4 Å². The van der Waals surface area contributed by atoms with Crippen molar-refractivity contribution in [2.24, 2.45) is 0 Å². The summed E-state index contributed by atoms with van der Waals surface area (Å²) in [6.07, 6.45) is 5.38. The fourth-order valence-electron chi connectivity index (χ4n) is 4.34. The molecule has 0 saturated carbocycles. The predicted molar refractivity (Wildman–Crippen MR) is 122 cm³/mol. The van der Waals surface area contributed by atoms with Gasteiger partial charge in [0.05, 0.1) is 5.39 Å². The zero-order valence-electron chi connectivity index (χ0n) is 18.2. The number of fused-ring (bicyclic) bond motifs is 3. The Labute approximate surface area is 182 Å². The number of carbonyl (C=O) groups excluding carboxylic acids is 1. The molecule has 1 aliphatic carbocycles. The van der Waals surface area contributed by atoms with Crippen molar-refractivity contribution in [3.8, 4) is 5.75 Å². The van der Waals surface area contributed by atoms with E-state index >= 15 is 0 Å². The largest absolute Gasteiger partial charge is 0.483 e. The summed E-state index contributed by atoms with van der Waals surface area (Å²) in [6.45, 7) is 3.87. The third-order valence-electron chi connectivity index (χ3n) is 5.90. The van der Waals surface area contributed by atoms with E-state index in [4.69, 9.17) is 9.15 Å². The van der Waals surface area contributed by atoms with Crippen LogP contribution in [0.2, 0.25) is 0 Å². The summed E-state index contributed by atoms with van der Waals surface area (Å²) in [5.74, 6) is 0.463. The van der Waals surface area contributed by atoms with Crippen molar-refractivity contribution in [3.05, 3.63) is 75.1 Å². The number of hydrogen-bond donors (Lipinski definition) is 1. The Morgan fingerprint density at radius 2 is 1.87 bits per heavy atom. The lowest BCUT2D eigenvalue weighted by molar-refractivity contribution is -0.123. The standard InChI is InChI=1S/C26H29NO4/c1-17-14-22(25-20-10-6-7-11-21(20)26(29)31-23(25)15-17)30-16-24(28)27-18(2)12-13-19-8-4-3-5-9-19/h3-5,8-9,14-15,18H,6-7,10-13,16H2,1-2H3,(H,27,28)/t18-/m1/s1. The molecule has 5 heteroatoms. The third kappa shape index (κ3) is 4.98. The molecule has 1 N–H and O–H groups in total. The Bertz CT molecular complexity index is 1130. The number of ether oxygens (including phenoxy) is 1. The Balaban J connectivity index is 1.45. The minimum atomic E-state index is -0.247. The first-order valence-electron chi connectivity index (χ1n) is 11.1. The fourth-order valence-corrected chi connectivity index (χ4v) is 4.34. The van der Waals surface area contributed by atoms with Gasteiger partial charge in [-0.3, -0.25) is 4.79 Å². The molecule has 1 amide bonds. The van der Waals surface area contributed by atoms with E-state index in [1.165, 1.54) is 5.56 Å². The molecule has 1 aromatic heterocycles. The summed E-state index contributed by atoms with van der Waals surface area (Å²) in [7, 11) is 0. The molecule has 31 heavy (non-hydrogen) atoms. The van der Waals surface area contributed by atoms with Gasteiger partial charge in [-0.25, -0.2) is 4.79 Å². The Kier molecular flexibility index (Phi) is 6.40. The topological polar surface area (TPSA) is 68.5 Å². The first-order valence-corrected chi connectivity index (χ1v) is 11.1. The second-order valence-electron chi connectivity index (χ2n) is 8.47. The van der Waals surface area contributed by atoms with Crippen LogP contribution in [-0.2, 0) is 24.1 Å². The van der Waals surface area contributed by atoms with Gasteiger partial charge in [0.1, 0.15) is 11.3 Å². The molecule has 0 spiro atoms. The molecule has 1 heterocycles. The average molecular weight is 420 g/mol. The van der Waals surface area contributed by atoms with Gasteiger partial charge >= 0.3 is 5.63 Å². The SMILES string of the molecule is Cc1cc(OCC(=O)N[C@H](C)CCc2ccccc2)c2c3c(c(=O)oc2c1)CCCC3. The highest BCUT2D eigenvalue weighted by atomic mass is 16.5. The summed E-state index contributed by atoms with van der Waals surface area (Å²) in [5, 5.41) is 3.85. The van der Waals surface area contributed by atoms with Gasteiger partial charge in [-0.15, -0.1) is 0 Å². The minimum absolute atomic E-state index is 0.0522. The average Bonchev–Trinajstić information content (AvgIpc) is 2.76. The number of benzene rings is 2. The van der Waals surface area contributed by atoms with Crippen molar-refractivity contribution in [3.63, 3.8) is 0 Å². The fraction of sp³-hybridized carbons (Fsp3) is 0.385. The lowest BCUT2D eigenvalue weighted by Gasteiger charge is -2.19. The van der Waals surface area contributed by atoms with Crippen LogP contribution in [0.4, 0.5) is 0 Å². The molecule has 2 aromatic carbocycles. The summed E-state index contributed by atoms with van der Waals surface area (Å²) >= 11 is 0. The molecule has 0 fully saturated rings. The van der Waals surface area contributed by atoms with Crippen LogP contribution in [0.3, 0.4) is 0 Å². The van der Waals surface area contributed by atoms with E-state index in [-0.39, 0.29) is 24.2 Å². The molecule has 0 radical (unpaired) electrons. The highest BCUT2D eigenvalue weighted by Crippen LogP contribution is 2.34. The first-order chi connectivity index (χ1) is 15.0. The van der Waals surface area contributed by atoms with Gasteiger partial charge < -0.3 is 14.5 Å². The van der Waals surface area contributed by atoms with E-state index in [0.29, 0.717) is 11.3 Å². The molecule has 3 aromatic rings. The van der Waals surface area contributed by atoms with Crippen molar-refractivity contribution in [2.75, 3.05) is 6.61 Å². The number of aryl methyl sites for hydroxylation is 3. The van der Waals surface area contributed by atoms with E-state index in [1.807, 2.05) is 44.2 Å². The van der Waals surface area contributed by atoms with Crippen molar-refractivity contribution in [1.29, 1.82) is 0 Å². The molecular formula is C26H29NO4. The van der Waals surface area contributed by atoms with Gasteiger partial charge in [-0.05, 0) is 81.2 Å². The summed E-state index contributed by atoms with van der Waals surface area (Å²) in [4.78, 5) is 24.9. The molecule has 0 saturated heterocycles. The van der Waals surface area contributed by atoms with E-state index < -0.39 is 0 Å². The molecule has 5 nitrogen and oxygen atoms in total. The second-order valence-corrected chi connectivity index (χ2v) is 8.47. The van der Waals surface area contributed by atoms with Crippen LogP contribution >= 0.6 is 0 Å². The van der Waals surface area contributed by atoms with E-state index in [1.54, 1.807) is 0 Å². The van der Waals surface area contributed by atoms with Crippen molar-refractivity contribution >= 4 is 16.9 Å². The molecule has 0 aliphatic heterocycles. The molecule has 0 unspecified atom stereocenters. The van der Waals surface area contributed by atoms with E-state index in [2.05, 4.69) is 17.4 Å². The molecule has 0 bridgehead atoms. The predicted octanol–water partition coefficient (Wildman–Crippen LogP) is 4.50. The Morgan fingerprint density at radius 3 is 2.65 bits per heavy atom. The lowest BCUT2D eigenvalue weighted by Crippen LogP contribution is -2.36. The summed E-state index contributed by atoms with van der Waals surface area (Å²) < 4.78 is 11.5.